The molecule has 0 heterocycles. The lowest BCUT2D eigenvalue weighted by Crippen LogP contribution is -2.46. The summed E-state index contributed by atoms with van der Waals surface area (Å²) in [4.78, 5) is 46.1. The number of nitrogens with one attached hydrogen (secondary N) is 2. The number of hydrogen-bond donors (Lipinski definition) is 3. The number of carbonyl (C=O) groups is 4. The highest BCUT2D eigenvalue weighted by atomic mass is 16.5. The van der Waals surface area contributed by atoms with Crippen LogP contribution in [0.2, 0.25) is 0 Å². The Kier molecular flexibility index (Phi) is 8.51. The normalized spacial score (nSPS) is 11.2. The predicted octanol–water partition coefficient (Wildman–Crippen LogP) is -0.830. The molecule has 0 radical (unpaired) electrons. The number of carboxylic acid groups (broad SMARTS) is 1. The van der Waals surface area contributed by atoms with Gasteiger partial charge in [0.15, 0.2) is 0 Å². The molecule has 120 valence electrons. The summed E-state index contributed by atoms with van der Waals surface area (Å²) in [5, 5.41) is 13.5. The molecular formula is C12H21N3O6. The Hall–Kier alpha value is -2.32. The van der Waals surface area contributed by atoms with Gasteiger partial charge in [-0.3, -0.25) is 9.59 Å². The van der Waals surface area contributed by atoms with E-state index in [2.05, 4.69) is 15.4 Å². The topological polar surface area (TPSA) is 125 Å². The molecule has 3 N–H and O–H groups in total. The minimum atomic E-state index is -1.25. The van der Waals surface area contributed by atoms with Crippen LogP contribution in [0.4, 0.5) is 4.79 Å². The molecule has 0 bridgehead atoms. The molecule has 9 heteroatoms. The predicted molar refractivity (Wildman–Crippen MR) is 72.5 cm³/mol. The number of esters is 1. The zero-order valence-electron chi connectivity index (χ0n) is 12.3. The molecule has 21 heavy (non-hydrogen) atoms. The van der Waals surface area contributed by atoms with Crippen molar-refractivity contribution in [1.29, 1.82) is 0 Å². The first kappa shape index (κ1) is 18.7. The molecule has 0 saturated carbocycles. The first-order valence-electron chi connectivity index (χ1n) is 6.32. The van der Waals surface area contributed by atoms with Gasteiger partial charge in [-0.2, -0.15) is 0 Å². The number of nitrogens with zero attached hydrogens (tertiary/aromatic N) is 1. The largest absolute Gasteiger partial charge is 0.480 e. The highest BCUT2D eigenvalue weighted by Gasteiger charge is 2.21. The molecule has 0 aliphatic heterocycles. The van der Waals surface area contributed by atoms with Gasteiger partial charge in [-0.25, -0.2) is 9.59 Å². The monoisotopic (exact) mass is 303 g/mol. The smallest absolute Gasteiger partial charge is 0.326 e. The second-order valence-electron chi connectivity index (χ2n) is 4.44. The van der Waals surface area contributed by atoms with Gasteiger partial charge in [-0.1, -0.05) is 0 Å². The van der Waals surface area contributed by atoms with Crippen LogP contribution in [-0.4, -0.2) is 67.7 Å². The van der Waals surface area contributed by atoms with Crippen LogP contribution in [-0.2, 0) is 19.1 Å². The van der Waals surface area contributed by atoms with Gasteiger partial charge >= 0.3 is 18.0 Å². The minimum absolute atomic E-state index is 0.0773. The first-order chi connectivity index (χ1) is 9.77. The molecule has 0 aromatic carbocycles. The van der Waals surface area contributed by atoms with Gasteiger partial charge in [0, 0.05) is 33.5 Å². The van der Waals surface area contributed by atoms with E-state index in [1.807, 2.05) is 0 Å². The van der Waals surface area contributed by atoms with Gasteiger partial charge in [-0.05, 0) is 6.42 Å². The maximum absolute atomic E-state index is 11.5. The summed E-state index contributed by atoms with van der Waals surface area (Å²) in [6.07, 6.45) is -0.0841. The van der Waals surface area contributed by atoms with Crippen LogP contribution in [0, 0.1) is 0 Å². The van der Waals surface area contributed by atoms with E-state index in [0.717, 1.165) is 0 Å². The summed E-state index contributed by atoms with van der Waals surface area (Å²) in [5.41, 5.74) is 0. The SMILES string of the molecule is COC(=O)CC[C@@H](NC(=O)NCCC(=O)N(C)C)C(=O)O. The maximum atomic E-state index is 11.5. The summed E-state index contributed by atoms with van der Waals surface area (Å²) in [5.74, 6) is -1.96. The van der Waals surface area contributed by atoms with E-state index < -0.39 is 24.0 Å². The molecule has 0 aromatic heterocycles. The lowest BCUT2D eigenvalue weighted by atomic mass is 10.1. The molecule has 0 fully saturated rings. The van der Waals surface area contributed by atoms with E-state index in [4.69, 9.17) is 5.11 Å². The number of ether oxygens (including phenoxy) is 1. The second-order valence-corrected chi connectivity index (χ2v) is 4.44. The van der Waals surface area contributed by atoms with Crippen LogP contribution in [0.5, 0.6) is 0 Å². The molecular weight excluding hydrogens is 282 g/mol. The summed E-state index contributed by atoms with van der Waals surface area (Å²) >= 11 is 0. The molecule has 0 aromatic rings. The zero-order valence-corrected chi connectivity index (χ0v) is 12.3. The second kappa shape index (κ2) is 9.56. The van der Waals surface area contributed by atoms with Crippen molar-refractivity contribution in [1.82, 2.24) is 15.5 Å². The standard InChI is InChI=1S/C12H21N3O6/c1-15(2)9(16)6-7-13-12(20)14-8(11(18)19)4-5-10(17)21-3/h8H,4-7H2,1-3H3,(H,18,19)(H2,13,14,20)/t8-/m1/s1. The average Bonchev–Trinajstić information content (AvgIpc) is 2.42. The van der Waals surface area contributed by atoms with Crippen LogP contribution in [0.1, 0.15) is 19.3 Å². The maximum Gasteiger partial charge on any atom is 0.326 e. The van der Waals surface area contributed by atoms with Gasteiger partial charge in [0.1, 0.15) is 6.04 Å². The Morgan fingerprint density at radius 1 is 1.19 bits per heavy atom. The van der Waals surface area contributed by atoms with Crippen LogP contribution in [0.25, 0.3) is 0 Å². The number of methoxy groups -OCH3 is 1. The van der Waals surface area contributed by atoms with Crippen molar-refractivity contribution in [3.8, 4) is 0 Å². The van der Waals surface area contributed by atoms with E-state index in [-0.39, 0.29) is 31.7 Å². The van der Waals surface area contributed by atoms with Gasteiger partial charge in [0.25, 0.3) is 0 Å². The fourth-order valence-electron chi connectivity index (χ4n) is 1.34. The molecule has 9 nitrogen and oxygen atoms in total. The third-order valence-electron chi connectivity index (χ3n) is 2.59. The van der Waals surface area contributed by atoms with Crippen LogP contribution in [0.3, 0.4) is 0 Å². The number of aliphatic carboxylic acids is 1. The Bertz CT molecular complexity index is 396. The molecule has 0 spiro atoms. The van der Waals surface area contributed by atoms with Crippen molar-refractivity contribution in [3.63, 3.8) is 0 Å². The molecule has 0 aliphatic carbocycles. The number of carboxylic acids is 1. The average molecular weight is 303 g/mol. The summed E-state index contributed by atoms with van der Waals surface area (Å²) in [6, 6.07) is -1.91. The minimum Gasteiger partial charge on any atom is -0.480 e. The number of hydrogen-bond acceptors (Lipinski definition) is 5. The van der Waals surface area contributed by atoms with E-state index in [0.29, 0.717) is 0 Å². The summed E-state index contributed by atoms with van der Waals surface area (Å²) < 4.78 is 4.40. The lowest BCUT2D eigenvalue weighted by molar-refractivity contribution is -0.142. The number of carbonyl (C=O) groups excluding carboxylic acids is 3. The van der Waals surface area contributed by atoms with Gasteiger partial charge in [-0.15, -0.1) is 0 Å². The van der Waals surface area contributed by atoms with Crippen molar-refractivity contribution in [2.75, 3.05) is 27.7 Å². The van der Waals surface area contributed by atoms with E-state index in [9.17, 15) is 19.2 Å². The molecule has 1 atom stereocenters. The molecule has 0 saturated heterocycles. The van der Waals surface area contributed by atoms with Crippen molar-refractivity contribution in [3.05, 3.63) is 0 Å². The van der Waals surface area contributed by atoms with Gasteiger partial charge < -0.3 is 25.4 Å². The van der Waals surface area contributed by atoms with E-state index >= 15 is 0 Å². The van der Waals surface area contributed by atoms with Crippen molar-refractivity contribution < 1.29 is 29.0 Å². The Morgan fingerprint density at radius 3 is 2.29 bits per heavy atom. The van der Waals surface area contributed by atoms with Crippen LogP contribution < -0.4 is 10.6 Å². The molecule has 0 rings (SSSR count). The zero-order chi connectivity index (χ0) is 16.4. The fraction of sp³-hybridized carbons (Fsp3) is 0.667. The van der Waals surface area contributed by atoms with E-state index in [1.54, 1.807) is 14.1 Å². The van der Waals surface area contributed by atoms with Crippen LogP contribution in [0.15, 0.2) is 0 Å². The van der Waals surface area contributed by atoms with Crippen molar-refractivity contribution in [2.24, 2.45) is 0 Å². The van der Waals surface area contributed by atoms with Crippen molar-refractivity contribution in [2.45, 2.75) is 25.3 Å². The van der Waals surface area contributed by atoms with Gasteiger partial charge in [0.05, 0.1) is 7.11 Å². The third-order valence-corrected chi connectivity index (χ3v) is 2.59. The fourth-order valence-corrected chi connectivity index (χ4v) is 1.34. The Morgan fingerprint density at radius 2 is 1.81 bits per heavy atom. The number of amides is 3. The first-order valence-corrected chi connectivity index (χ1v) is 6.32. The number of rotatable bonds is 8. The summed E-state index contributed by atoms with van der Waals surface area (Å²) in [6.45, 7) is 0.0895. The lowest BCUT2D eigenvalue weighted by Gasteiger charge is -2.15. The number of urea groups is 1. The Labute approximate surface area is 122 Å². The molecule has 3 amide bonds. The van der Waals surface area contributed by atoms with Crippen LogP contribution >= 0.6 is 0 Å². The molecule has 0 unspecified atom stereocenters. The van der Waals surface area contributed by atoms with Crippen molar-refractivity contribution >= 4 is 23.9 Å². The Balaban J connectivity index is 4.15. The van der Waals surface area contributed by atoms with Gasteiger partial charge in [0.2, 0.25) is 5.91 Å². The highest BCUT2D eigenvalue weighted by Crippen LogP contribution is 1.99. The van der Waals surface area contributed by atoms with E-state index in [1.165, 1.54) is 12.0 Å². The quantitative estimate of drug-likeness (QED) is 0.503. The molecule has 0 aliphatic rings. The highest BCUT2D eigenvalue weighted by molar-refractivity contribution is 5.83. The third kappa shape index (κ3) is 8.45. The summed E-state index contributed by atoms with van der Waals surface area (Å²) in [7, 11) is 4.38.